The molecule has 1 saturated heterocycles. The third-order valence-corrected chi connectivity index (χ3v) is 3.62. The van der Waals surface area contributed by atoms with Crippen LogP contribution in [0, 0.1) is 0 Å². The summed E-state index contributed by atoms with van der Waals surface area (Å²) in [4.78, 5) is 0. The van der Waals surface area contributed by atoms with Crippen molar-refractivity contribution in [3.63, 3.8) is 0 Å². The van der Waals surface area contributed by atoms with Gasteiger partial charge in [0.1, 0.15) is 48.8 Å². The van der Waals surface area contributed by atoms with E-state index in [9.17, 15) is 30.6 Å². The molecule has 9 atom stereocenters. The molecule has 1 heterocycles. The van der Waals surface area contributed by atoms with Crippen molar-refractivity contribution in [1.82, 2.24) is 0 Å². The van der Waals surface area contributed by atoms with Gasteiger partial charge in [-0.15, -0.1) is 0 Å². The quantitative estimate of drug-likeness (QED) is 0.203. The Labute approximate surface area is 131 Å². The fourth-order valence-electron chi connectivity index (χ4n) is 2.16. The first-order valence-electron chi connectivity index (χ1n) is 7.00. The first-order valence-corrected chi connectivity index (χ1v) is 7.00. The minimum Gasteiger partial charge on any atom is -0.394 e. The Hall–Kier alpha value is -0.440. The lowest BCUT2D eigenvalue weighted by molar-refractivity contribution is -0.327. The SMILES string of the molecule is OC[C@@H](O)[C@@H](O)[C@H](O[C@@H]1O[C@H](CO)[C@H](O)[C@H](O)[C@H]1O)[C@H](O)CO. The average Bonchev–Trinajstić information content (AvgIpc) is 2.57. The van der Waals surface area contributed by atoms with E-state index >= 15 is 0 Å². The van der Waals surface area contributed by atoms with E-state index in [2.05, 4.69) is 0 Å². The van der Waals surface area contributed by atoms with E-state index in [-0.39, 0.29) is 0 Å². The highest BCUT2D eigenvalue weighted by atomic mass is 16.7. The van der Waals surface area contributed by atoms with E-state index < -0.39 is 74.9 Å². The molecule has 9 N–H and O–H groups in total. The minimum absolute atomic E-state index is 0.708. The average molecular weight is 344 g/mol. The van der Waals surface area contributed by atoms with Gasteiger partial charge in [-0.1, -0.05) is 0 Å². The molecule has 11 nitrogen and oxygen atoms in total. The van der Waals surface area contributed by atoms with Gasteiger partial charge in [-0.25, -0.2) is 0 Å². The summed E-state index contributed by atoms with van der Waals surface area (Å²) in [5.74, 6) is 0. The molecule has 0 aromatic rings. The Kier molecular flexibility index (Phi) is 8.20. The molecule has 1 aliphatic rings. The second-order valence-corrected chi connectivity index (χ2v) is 5.29. The standard InChI is InChI=1S/C12H24O11/c13-1-4(16)7(18)11(5(17)2-14)23-12-10(21)9(20)8(19)6(3-15)22-12/h4-21H,1-3H2/t4-,5-,6-,7-,8+,9+,10-,11-,12+/m1/s1. The fraction of sp³-hybridized carbons (Fsp3) is 1.00. The summed E-state index contributed by atoms with van der Waals surface area (Å²) >= 11 is 0. The molecular formula is C12H24O11. The second-order valence-electron chi connectivity index (χ2n) is 5.29. The van der Waals surface area contributed by atoms with E-state index in [1.807, 2.05) is 0 Å². The molecule has 138 valence electrons. The molecule has 1 fully saturated rings. The van der Waals surface area contributed by atoms with Crippen molar-refractivity contribution >= 4 is 0 Å². The summed E-state index contributed by atoms with van der Waals surface area (Å²) in [6.45, 7) is -2.45. The van der Waals surface area contributed by atoms with Crippen LogP contribution in [-0.4, -0.2) is 121 Å². The molecule has 0 radical (unpaired) electrons. The Bertz CT molecular complexity index is 341. The highest BCUT2D eigenvalue weighted by Gasteiger charge is 2.46. The van der Waals surface area contributed by atoms with Gasteiger partial charge in [-0.05, 0) is 0 Å². The summed E-state index contributed by atoms with van der Waals surface area (Å²) in [6.07, 6.45) is -15.1. The Morgan fingerprint density at radius 2 is 1.39 bits per heavy atom. The molecule has 1 rings (SSSR count). The van der Waals surface area contributed by atoms with Crippen molar-refractivity contribution in [3.8, 4) is 0 Å². The van der Waals surface area contributed by atoms with Crippen LogP contribution in [0.3, 0.4) is 0 Å². The topological polar surface area (TPSA) is 201 Å². The van der Waals surface area contributed by atoms with E-state index in [0.717, 1.165) is 0 Å². The molecule has 0 aromatic heterocycles. The number of aliphatic hydroxyl groups excluding tert-OH is 9. The van der Waals surface area contributed by atoms with E-state index in [0.29, 0.717) is 0 Å². The van der Waals surface area contributed by atoms with E-state index in [1.165, 1.54) is 0 Å². The maximum absolute atomic E-state index is 9.83. The summed E-state index contributed by atoms with van der Waals surface area (Å²) in [5, 5.41) is 84.9. The van der Waals surface area contributed by atoms with Crippen LogP contribution in [0.4, 0.5) is 0 Å². The zero-order chi connectivity index (χ0) is 17.7. The van der Waals surface area contributed by atoms with Gasteiger partial charge in [-0.3, -0.25) is 0 Å². The van der Waals surface area contributed by atoms with Crippen molar-refractivity contribution in [2.45, 2.75) is 55.1 Å². The molecule has 0 saturated carbocycles. The van der Waals surface area contributed by atoms with E-state index in [4.69, 9.17) is 24.8 Å². The Balaban J connectivity index is 2.89. The fourth-order valence-corrected chi connectivity index (χ4v) is 2.16. The normalized spacial score (nSPS) is 37.2. The van der Waals surface area contributed by atoms with Gasteiger partial charge in [-0.2, -0.15) is 0 Å². The van der Waals surface area contributed by atoms with Crippen LogP contribution in [0.5, 0.6) is 0 Å². The van der Waals surface area contributed by atoms with Gasteiger partial charge in [0.25, 0.3) is 0 Å². The molecular weight excluding hydrogens is 320 g/mol. The summed E-state index contributed by atoms with van der Waals surface area (Å²) < 4.78 is 10.1. The lowest BCUT2D eigenvalue weighted by atomic mass is 9.98. The minimum atomic E-state index is -1.85. The number of aliphatic hydroxyl groups is 9. The summed E-state index contributed by atoms with van der Waals surface area (Å²) in [6, 6.07) is 0. The molecule has 0 aliphatic carbocycles. The first kappa shape index (κ1) is 20.6. The number of rotatable bonds is 8. The predicted molar refractivity (Wildman–Crippen MR) is 70.8 cm³/mol. The maximum atomic E-state index is 9.83. The first-order chi connectivity index (χ1) is 10.8. The summed E-state index contributed by atoms with van der Waals surface area (Å²) in [7, 11) is 0. The molecule has 0 spiro atoms. The monoisotopic (exact) mass is 344 g/mol. The van der Waals surface area contributed by atoms with Gasteiger partial charge in [0.15, 0.2) is 6.29 Å². The highest BCUT2D eigenvalue weighted by Crippen LogP contribution is 2.24. The van der Waals surface area contributed by atoms with Crippen molar-refractivity contribution in [3.05, 3.63) is 0 Å². The smallest absolute Gasteiger partial charge is 0.187 e. The molecule has 0 amide bonds. The van der Waals surface area contributed by atoms with Gasteiger partial charge < -0.3 is 55.4 Å². The second kappa shape index (κ2) is 9.15. The Morgan fingerprint density at radius 1 is 0.826 bits per heavy atom. The number of hydrogen-bond donors (Lipinski definition) is 9. The predicted octanol–water partition coefficient (Wildman–Crippen LogP) is -5.76. The van der Waals surface area contributed by atoms with Crippen molar-refractivity contribution < 1.29 is 55.4 Å². The molecule has 11 heteroatoms. The largest absolute Gasteiger partial charge is 0.394 e. The zero-order valence-electron chi connectivity index (χ0n) is 12.2. The van der Waals surface area contributed by atoms with Crippen molar-refractivity contribution in [2.24, 2.45) is 0 Å². The molecule has 0 bridgehead atoms. The van der Waals surface area contributed by atoms with Crippen molar-refractivity contribution in [2.75, 3.05) is 19.8 Å². The van der Waals surface area contributed by atoms with Crippen LogP contribution in [0.1, 0.15) is 0 Å². The third kappa shape index (κ3) is 4.78. The van der Waals surface area contributed by atoms with E-state index in [1.54, 1.807) is 0 Å². The van der Waals surface area contributed by atoms with Crippen LogP contribution < -0.4 is 0 Å². The summed E-state index contributed by atoms with van der Waals surface area (Å²) in [5.41, 5.74) is 0. The van der Waals surface area contributed by atoms with Crippen LogP contribution in [0.2, 0.25) is 0 Å². The molecule has 0 unspecified atom stereocenters. The lowest BCUT2D eigenvalue weighted by Crippen LogP contribution is -2.61. The van der Waals surface area contributed by atoms with Crippen LogP contribution in [0.15, 0.2) is 0 Å². The highest BCUT2D eigenvalue weighted by molar-refractivity contribution is 4.91. The van der Waals surface area contributed by atoms with Crippen molar-refractivity contribution in [1.29, 1.82) is 0 Å². The van der Waals surface area contributed by atoms with Gasteiger partial charge in [0.05, 0.1) is 19.8 Å². The lowest BCUT2D eigenvalue weighted by Gasteiger charge is -2.42. The Morgan fingerprint density at radius 3 is 1.87 bits per heavy atom. The molecule has 1 aliphatic heterocycles. The van der Waals surface area contributed by atoms with Crippen LogP contribution >= 0.6 is 0 Å². The molecule has 23 heavy (non-hydrogen) atoms. The molecule has 0 aromatic carbocycles. The van der Waals surface area contributed by atoms with Gasteiger partial charge in [0, 0.05) is 0 Å². The third-order valence-electron chi connectivity index (χ3n) is 3.62. The van der Waals surface area contributed by atoms with Crippen LogP contribution in [-0.2, 0) is 9.47 Å². The van der Waals surface area contributed by atoms with Crippen LogP contribution in [0.25, 0.3) is 0 Å². The zero-order valence-corrected chi connectivity index (χ0v) is 12.2. The van der Waals surface area contributed by atoms with Gasteiger partial charge in [0.2, 0.25) is 0 Å². The maximum Gasteiger partial charge on any atom is 0.187 e. The number of hydrogen-bond acceptors (Lipinski definition) is 11. The van der Waals surface area contributed by atoms with Gasteiger partial charge >= 0.3 is 0 Å². The number of ether oxygens (including phenoxy) is 2.